The lowest BCUT2D eigenvalue weighted by Gasteiger charge is -2.11. The van der Waals surface area contributed by atoms with Crippen molar-refractivity contribution >= 4 is 6.03 Å². The maximum absolute atomic E-state index is 11.3. The van der Waals surface area contributed by atoms with Crippen LogP contribution in [0.25, 0.3) is 0 Å². The third-order valence-corrected chi connectivity index (χ3v) is 2.93. The predicted molar refractivity (Wildman–Crippen MR) is 66.1 cm³/mol. The van der Waals surface area contributed by atoms with Gasteiger partial charge in [-0.25, -0.2) is 4.79 Å². The molecule has 1 saturated carbocycles. The molecule has 0 radical (unpaired) electrons. The van der Waals surface area contributed by atoms with E-state index in [2.05, 4.69) is 10.6 Å². The van der Waals surface area contributed by atoms with Crippen LogP contribution in [0.3, 0.4) is 0 Å². The van der Waals surface area contributed by atoms with E-state index >= 15 is 0 Å². The molecule has 2 amide bonds. The van der Waals surface area contributed by atoms with E-state index in [4.69, 9.17) is 4.74 Å². The molecule has 2 rings (SSSR count). The summed E-state index contributed by atoms with van der Waals surface area (Å²) in [4.78, 5) is 11.3. The van der Waals surface area contributed by atoms with Crippen molar-refractivity contribution in [2.24, 2.45) is 0 Å². The van der Waals surface area contributed by atoms with E-state index in [1.165, 1.54) is 5.56 Å². The predicted octanol–water partition coefficient (Wildman–Crippen LogP) is 2.10. The van der Waals surface area contributed by atoms with Crippen molar-refractivity contribution < 1.29 is 9.53 Å². The van der Waals surface area contributed by atoms with Gasteiger partial charge in [-0.15, -0.1) is 0 Å². The SMILES string of the molecule is Cc1cccc(OCNC(=O)NC2CC2)c1C. The van der Waals surface area contributed by atoms with E-state index in [9.17, 15) is 4.79 Å². The first-order valence-electron chi connectivity index (χ1n) is 5.90. The Morgan fingerprint density at radius 3 is 2.88 bits per heavy atom. The van der Waals surface area contributed by atoms with Crippen molar-refractivity contribution in [2.45, 2.75) is 32.7 Å². The smallest absolute Gasteiger partial charge is 0.317 e. The van der Waals surface area contributed by atoms with Gasteiger partial charge in [-0.1, -0.05) is 12.1 Å². The third-order valence-electron chi connectivity index (χ3n) is 2.93. The van der Waals surface area contributed by atoms with E-state index < -0.39 is 0 Å². The Morgan fingerprint density at radius 2 is 2.18 bits per heavy atom. The monoisotopic (exact) mass is 234 g/mol. The van der Waals surface area contributed by atoms with Gasteiger partial charge in [-0.2, -0.15) is 0 Å². The topological polar surface area (TPSA) is 50.4 Å². The Balaban J connectivity index is 1.77. The van der Waals surface area contributed by atoms with E-state index in [0.717, 1.165) is 24.2 Å². The third kappa shape index (κ3) is 3.37. The molecule has 1 aromatic rings. The molecule has 1 aliphatic rings. The largest absolute Gasteiger partial charge is 0.473 e. The van der Waals surface area contributed by atoms with Crippen molar-refractivity contribution in [3.05, 3.63) is 29.3 Å². The summed E-state index contributed by atoms with van der Waals surface area (Å²) in [6.07, 6.45) is 2.18. The van der Waals surface area contributed by atoms with E-state index in [1.54, 1.807) is 0 Å². The molecule has 0 atom stereocenters. The quantitative estimate of drug-likeness (QED) is 0.784. The molecule has 1 aromatic carbocycles. The van der Waals surface area contributed by atoms with Crippen LogP contribution < -0.4 is 15.4 Å². The summed E-state index contributed by atoms with van der Waals surface area (Å²) in [5.74, 6) is 0.816. The molecule has 0 aromatic heterocycles. The standard InChI is InChI=1S/C13H18N2O2/c1-9-4-3-5-12(10(9)2)17-8-14-13(16)15-11-6-7-11/h3-5,11H,6-8H2,1-2H3,(H2,14,15,16). The highest BCUT2D eigenvalue weighted by atomic mass is 16.5. The minimum atomic E-state index is -0.155. The molecule has 0 aliphatic heterocycles. The Labute approximate surface area is 101 Å². The molecule has 4 heteroatoms. The fourth-order valence-electron chi connectivity index (χ4n) is 1.52. The molecule has 0 spiro atoms. The highest BCUT2D eigenvalue weighted by Crippen LogP contribution is 2.20. The first-order chi connectivity index (χ1) is 8.16. The second-order valence-electron chi connectivity index (χ2n) is 4.41. The number of aryl methyl sites for hydroxylation is 1. The molecule has 17 heavy (non-hydrogen) atoms. The molecule has 2 N–H and O–H groups in total. The van der Waals surface area contributed by atoms with Crippen LogP contribution in [0.2, 0.25) is 0 Å². The minimum Gasteiger partial charge on any atom is -0.473 e. The molecular weight excluding hydrogens is 216 g/mol. The minimum absolute atomic E-state index is 0.155. The Kier molecular flexibility index (Phi) is 3.52. The van der Waals surface area contributed by atoms with Crippen LogP contribution in [0, 0.1) is 13.8 Å². The molecule has 1 aliphatic carbocycles. The van der Waals surface area contributed by atoms with Crippen LogP contribution >= 0.6 is 0 Å². The molecular formula is C13H18N2O2. The van der Waals surface area contributed by atoms with Crippen molar-refractivity contribution in [1.29, 1.82) is 0 Å². The number of hydrogen-bond donors (Lipinski definition) is 2. The lowest BCUT2D eigenvalue weighted by Crippen LogP contribution is -2.38. The van der Waals surface area contributed by atoms with Crippen LogP contribution in [0.5, 0.6) is 5.75 Å². The Bertz CT molecular complexity index is 414. The second-order valence-corrected chi connectivity index (χ2v) is 4.41. The summed E-state index contributed by atoms with van der Waals surface area (Å²) in [6, 6.07) is 6.11. The lowest BCUT2D eigenvalue weighted by atomic mass is 10.1. The van der Waals surface area contributed by atoms with E-state index in [0.29, 0.717) is 6.04 Å². The zero-order chi connectivity index (χ0) is 12.3. The van der Waals surface area contributed by atoms with Crippen LogP contribution in [0.1, 0.15) is 24.0 Å². The van der Waals surface area contributed by atoms with Gasteiger partial charge in [0.15, 0.2) is 6.73 Å². The zero-order valence-electron chi connectivity index (χ0n) is 10.2. The first kappa shape index (κ1) is 11.8. The van der Waals surface area contributed by atoms with E-state index in [-0.39, 0.29) is 12.8 Å². The average Bonchev–Trinajstić information content (AvgIpc) is 3.08. The highest BCUT2D eigenvalue weighted by molar-refractivity contribution is 5.74. The number of rotatable bonds is 4. The Hall–Kier alpha value is -1.71. The van der Waals surface area contributed by atoms with Crippen molar-refractivity contribution in [3.63, 3.8) is 0 Å². The summed E-state index contributed by atoms with van der Waals surface area (Å²) in [6.45, 7) is 4.24. The van der Waals surface area contributed by atoms with Gasteiger partial charge in [0.05, 0.1) is 0 Å². The van der Waals surface area contributed by atoms with Crippen LogP contribution in [0.15, 0.2) is 18.2 Å². The maximum Gasteiger partial charge on any atom is 0.317 e. The van der Waals surface area contributed by atoms with Crippen LogP contribution in [0.4, 0.5) is 4.79 Å². The Morgan fingerprint density at radius 1 is 1.41 bits per heavy atom. The average molecular weight is 234 g/mol. The number of amides is 2. The van der Waals surface area contributed by atoms with Gasteiger partial charge in [0.1, 0.15) is 5.75 Å². The molecule has 4 nitrogen and oxygen atoms in total. The van der Waals surface area contributed by atoms with Gasteiger partial charge < -0.3 is 15.4 Å². The van der Waals surface area contributed by atoms with Gasteiger partial charge in [0.25, 0.3) is 0 Å². The molecule has 0 unspecified atom stereocenters. The maximum atomic E-state index is 11.3. The molecule has 0 bridgehead atoms. The van der Waals surface area contributed by atoms with Gasteiger partial charge in [-0.05, 0) is 43.9 Å². The summed E-state index contributed by atoms with van der Waals surface area (Å²) < 4.78 is 5.52. The van der Waals surface area contributed by atoms with Gasteiger partial charge in [0, 0.05) is 6.04 Å². The fourth-order valence-corrected chi connectivity index (χ4v) is 1.52. The highest BCUT2D eigenvalue weighted by Gasteiger charge is 2.22. The number of nitrogens with one attached hydrogen (secondary N) is 2. The van der Waals surface area contributed by atoms with Crippen molar-refractivity contribution in [1.82, 2.24) is 10.6 Å². The van der Waals surface area contributed by atoms with Crippen LogP contribution in [-0.4, -0.2) is 18.8 Å². The molecule has 92 valence electrons. The number of benzene rings is 1. The van der Waals surface area contributed by atoms with Gasteiger partial charge >= 0.3 is 6.03 Å². The molecule has 0 saturated heterocycles. The number of hydrogen-bond acceptors (Lipinski definition) is 2. The van der Waals surface area contributed by atoms with Gasteiger partial charge in [0.2, 0.25) is 0 Å². The summed E-state index contributed by atoms with van der Waals surface area (Å²) >= 11 is 0. The molecule has 1 fully saturated rings. The second kappa shape index (κ2) is 5.08. The number of carbonyl (C=O) groups is 1. The van der Waals surface area contributed by atoms with Crippen molar-refractivity contribution in [3.8, 4) is 5.75 Å². The number of ether oxygens (including phenoxy) is 1. The van der Waals surface area contributed by atoms with Crippen LogP contribution in [-0.2, 0) is 0 Å². The summed E-state index contributed by atoms with van der Waals surface area (Å²) in [5, 5.41) is 5.51. The van der Waals surface area contributed by atoms with Crippen molar-refractivity contribution in [2.75, 3.05) is 6.73 Å². The zero-order valence-corrected chi connectivity index (χ0v) is 10.2. The van der Waals surface area contributed by atoms with Gasteiger partial charge in [-0.3, -0.25) is 0 Å². The lowest BCUT2D eigenvalue weighted by molar-refractivity contribution is 0.223. The molecule has 0 heterocycles. The normalized spacial score (nSPS) is 14.2. The first-order valence-corrected chi connectivity index (χ1v) is 5.90. The fraction of sp³-hybridized carbons (Fsp3) is 0.462. The number of carbonyl (C=O) groups excluding carboxylic acids is 1. The summed E-state index contributed by atoms with van der Waals surface area (Å²) in [5.41, 5.74) is 2.29. The van der Waals surface area contributed by atoms with E-state index in [1.807, 2.05) is 32.0 Å². The number of urea groups is 1. The summed E-state index contributed by atoms with van der Waals surface area (Å²) in [7, 11) is 0.